The van der Waals surface area contributed by atoms with Crippen LogP contribution < -0.4 is 9.62 Å². The van der Waals surface area contributed by atoms with Crippen LogP contribution in [0.1, 0.15) is 42.5 Å². The number of aryl methyl sites for hydroxylation is 2. The summed E-state index contributed by atoms with van der Waals surface area (Å²) >= 11 is 0. The van der Waals surface area contributed by atoms with E-state index in [1.54, 1.807) is 50.2 Å². The number of likely N-dealkylation sites (N-methyl/N-ethyl adjacent to an activating group) is 1. The number of sulfonamides is 1. The molecule has 3 aromatic rings. The summed E-state index contributed by atoms with van der Waals surface area (Å²) in [5.74, 6) is -1.30. The topological polar surface area (TPSA) is 86.8 Å². The highest BCUT2D eigenvalue weighted by Crippen LogP contribution is 2.29. The first-order valence-corrected chi connectivity index (χ1v) is 14.4. The van der Waals surface area contributed by atoms with Gasteiger partial charge < -0.3 is 10.2 Å². The maximum absolute atomic E-state index is 14.0. The summed E-state index contributed by atoms with van der Waals surface area (Å²) in [6.07, 6.45) is 0.312. The van der Waals surface area contributed by atoms with E-state index < -0.39 is 34.3 Å². The molecule has 0 saturated heterocycles. The van der Waals surface area contributed by atoms with E-state index in [-0.39, 0.29) is 17.3 Å². The van der Waals surface area contributed by atoms with Crippen LogP contribution in [0.15, 0.2) is 71.6 Å². The fourth-order valence-corrected chi connectivity index (χ4v) is 5.83. The van der Waals surface area contributed by atoms with Gasteiger partial charge in [0.1, 0.15) is 18.4 Å². The first-order chi connectivity index (χ1) is 18.5. The fourth-order valence-electron chi connectivity index (χ4n) is 4.35. The van der Waals surface area contributed by atoms with Gasteiger partial charge in [-0.25, -0.2) is 12.8 Å². The summed E-state index contributed by atoms with van der Waals surface area (Å²) in [7, 11) is -4.14. The second-order valence-electron chi connectivity index (χ2n) is 9.51. The highest BCUT2D eigenvalue weighted by molar-refractivity contribution is 7.92. The molecule has 9 heteroatoms. The second-order valence-corrected chi connectivity index (χ2v) is 11.4. The Kier molecular flexibility index (Phi) is 9.86. The zero-order chi connectivity index (χ0) is 28.7. The number of carbonyl (C=O) groups excluding carboxylic acids is 2. The molecule has 1 N–H and O–H groups in total. The number of nitrogens with zero attached hydrogens (tertiary/aromatic N) is 2. The van der Waals surface area contributed by atoms with Crippen LogP contribution in [0.3, 0.4) is 0 Å². The van der Waals surface area contributed by atoms with Crippen LogP contribution in [-0.2, 0) is 26.2 Å². The van der Waals surface area contributed by atoms with Crippen molar-refractivity contribution < 1.29 is 22.4 Å². The molecule has 0 radical (unpaired) electrons. The van der Waals surface area contributed by atoms with Gasteiger partial charge in [-0.2, -0.15) is 0 Å². The third-order valence-electron chi connectivity index (χ3n) is 6.74. The van der Waals surface area contributed by atoms with Crippen molar-refractivity contribution in [1.82, 2.24) is 10.2 Å². The van der Waals surface area contributed by atoms with Gasteiger partial charge in [0.2, 0.25) is 11.8 Å². The lowest BCUT2D eigenvalue weighted by Crippen LogP contribution is -2.52. The molecule has 0 bridgehead atoms. The van der Waals surface area contributed by atoms with Gasteiger partial charge >= 0.3 is 0 Å². The largest absolute Gasteiger partial charge is 0.355 e. The molecular formula is C30H36FN3O4S. The van der Waals surface area contributed by atoms with Crippen molar-refractivity contribution in [3.63, 3.8) is 0 Å². The molecule has 7 nitrogen and oxygen atoms in total. The maximum Gasteiger partial charge on any atom is 0.264 e. The molecule has 1 atom stereocenters. The lowest BCUT2D eigenvalue weighted by atomic mass is 10.1. The Morgan fingerprint density at radius 3 is 2.15 bits per heavy atom. The van der Waals surface area contributed by atoms with Gasteiger partial charge in [0.15, 0.2) is 0 Å². The molecule has 0 fully saturated rings. The third kappa shape index (κ3) is 7.03. The van der Waals surface area contributed by atoms with Crippen LogP contribution in [0.25, 0.3) is 0 Å². The van der Waals surface area contributed by atoms with Crippen LogP contribution in [-0.4, -0.2) is 44.3 Å². The molecule has 0 saturated carbocycles. The zero-order valence-corrected chi connectivity index (χ0v) is 23.9. The van der Waals surface area contributed by atoms with Crippen molar-refractivity contribution >= 4 is 27.5 Å². The average Bonchev–Trinajstić information content (AvgIpc) is 2.90. The highest BCUT2D eigenvalue weighted by atomic mass is 32.2. The fraction of sp³-hybridized carbons (Fsp3) is 0.333. The van der Waals surface area contributed by atoms with Gasteiger partial charge in [0.25, 0.3) is 10.0 Å². The van der Waals surface area contributed by atoms with Gasteiger partial charge in [-0.3, -0.25) is 13.9 Å². The van der Waals surface area contributed by atoms with Gasteiger partial charge in [0, 0.05) is 13.1 Å². The van der Waals surface area contributed by atoms with Gasteiger partial charge in [-0.15, -0.1) is 0 Å². The van der Waals surface area contributed by atoms with Crippen LogP contribution >= 0.6 is 0 Å². The Morgan fingerprint density at radius 2 is 1.56 bits per heavy atom. The predicted molar refractivity (Wildman–Crippen MR) is 151 cm³/mol. The third-order valence-corrected chi connectivity index (χ3v) is 8.51. The summed E-state index contributed by atoms with van der Waals surface area (Å²) < 4.78 is 42.6. The van der Waals surface area contributed by atoms with E-state index in [9.17, 15) is 22.4 Å². The summed E-state index contributed by atoms with van der Waals surface area (Å²) in [6, 6.07) is 16.6. The minimum Gasteiger partial charge on any atom is -0.355 e. The molecule has 3 aromatic carbocycles. The molecule has 208 valence electrons. The highest BCUT2D eigenvalue weighted by Gasteiger charge is 2.34. The normalized spacial score (nSPS) is 12.1. The quantitative estimate of drug-likeness (QED) is 0.366. The SMILES string of the molecule is CCNC(=O)C(CC)N(Cc1ccc(F)cc1)C(=O)CN(c1cccc(C)c1C)S(=O)(=O)c1ccc(C)cc1. The molecule has 0 heterocycles. The van der Waals surface area contributed by atoms with Crippen molar-refractivity contribution in [3.8, 4) is 0 Å². The number of hydrogen-bond donors (Lipinski definition) is 1. The first-order valence-electron chi connectivity index (χ1n) is 13.0. The Bertz CT molecular complexity index is 1410. The Balaban J connectivity index is 2.10. The molecule has 39 heavy (non-hydrogen) atoms. The number of benzene rings is 3. The van der Waals surface area contributed by atoms with E-state index in [4.69, 9.17) is 0 Å². The molecule has 1 unspecified atom stereocenters. The second kappa shape index (κ2) is 12.9. The van der Waals surface area contributed by atoms with Crippen molar-refractivity contribution in [3.05, 3.63) is 94.8 Å². The first kappa shape index (κ1) is 29.8. The number of rotatable bonds is 11. The van der Waals surface area contributed by atoms with Crippen LogP contribution in [0.5, 0.6) is 0 Å². The summed E-state index contributed by atoms with van der Waals surface area (Å²) in [4.78, 5) is 28.4. The summed E-state index contributed by atoms with van der Waals surface area (Å²) in [6.45, 7) is 9.00. The predicted octanol–water partition coefficient (Wildman–Crippen LogP) is 4.89. The molecule has 0 spiro atoms. The number of anilines is 1. The van der Waals surface area contributed by atoms with Crippen molar-refractivity contribution in [2.75, 3.05) is 17.4 Å². The molecule has 0 aliphatic carbocycles. The number of hydrogen-bond acceptors (Lipinski definition) is 4. The minimum atomic E-state index is -4.14. The summed E-state index contributed by atoms with van der Waals surface area (Å²) in [5, 5.41) is 2.77. The van der Waals surface area contributed by atoms with E-state index in [0.29, 0.717) is 24.2 Å². The Hall–Kier alpha value is -3.72. The lowest BCUT2D eigenvalue weighted by molar-refractivity contribution is -0.140. The molecule has 0 aliphatic rings. The standard InChI is InChI=1S/C30H36FN3O4S/c1-6-27(30(36)32-7-2)33(19-24-13-15-25(31)16-14-24)29(35)20-34(28-10-8-9-22(4)23(28)5)39(37,38)26-17-11-21(3)12-18-26/h8-18,27H,6-7,19-20H2,1-5H3,(H,32,36). The molecule has 0 aliphatic heterocycles. The minimum absolute atomic E-state index is 0.0139. The van der Waals surface area contributed by atoms with Crippen LogP contribution in [0.2, 0.25) is 0 Å². The van der Waals surface area contributed by atoms with Crippen molar-refractivity contribution in [2.45, 2.75) is 58.5 Å². The van der Waals surface area contributed by atoms with E-state index in [1.807, 2.05) is 26.8 Å². The smallest absolute Gasteiger partial charge is 0.264 e. The van der Waals surface area contributed by atoms with Crippen LogP contribution in [0.4, 0.5) is 10.1 Å². The Labute approximate surface area is 230 Å². The van der Waals surface area contributed by atoms with Crippen LogP contribution in [0, 0.1) is 26.6 Å². The number of carbonyl (C=O) groups is 2. The van der Waals surface area contributed by atoms with Gasteiger partial charge in [-0.05, 0) is 81.1 Å². The van der Waals surface area contributed by atoms with E-state index >= 15 is 0 Å². The maximum atomic E-state index is 14.0. The summed E-state index contributed by atoms with van der Waals surface area (Å²) in [5.41, 5.74) is 3.51. The van der Waals surface area contributed by atoms with Crippen molar-refractivity contribution in [1.29, 1.82) is 0 Å². The molecular weight excluding hydrogens is 517 g/mol. The monoisotopic (exact) mass is 553 g/mol. The number of nitrogens with one attached hydrogen (secondary N) is 1. The molecule has 2 amide bonds. The Morgan fingerprint density at radius 1 is 0.923 bits per heavy atom. The van der Waals surface area contributed by atoms with Crippen molar-refractivity contribution in [2.24, 2.45) is 0 Å². The number of amides is 2. The average molecular weight is 554 g/mol. The lowest BCUT2D eigenvalue weighted by Gasteiger charge is -2.33. The van der Waals surface area contributed by atoms with E-state index in [1.165, 1.54) is 29.2 Å². The zero-order valence-electron chi connectivity index (χ0n) is 23.1. The van der Waals surface area contributed by atoms with E-state index in [0.717, 1.165) is 21.0 Å². The van der Waals surface area contributed by atoms with Gasteiger partial charge in [0.05, 0.1) is 10.6 Å². The van der Waals surface area contributed by atoms with E-state index in [2.05, 4.69) is 5.32 Å². The van der Waals surface area contributed by atoms with Gasteiger partial charge in [-0.1, -0.05) is 48.9 Å². The molecule has 3 rings (SSSR count). The number of halogens is 1. The molecule has 0 aromatic heterocycles.